The highest BCUT2D eigenvalue weighted by molar-refractivity contribution is 5.69. The van der Waals surface area contributed by atoms with Gasteiger partial charge in [-0.15, -0.1) is 0 Å². The van der Waals surface area contributed by atoms with Gasteiger partial charge in [-0.25, -0.2) is 13.6 Å². The minimum absolute atomic E-state index is 0.316. The third kappa shape index (κ3) is 5.34. The van der Waals surface area contributed by atoms with E-state index in [4.69, 9.17) is 14.2 Å². The molecular formula is C21H27F2N3O4. The van der Waals surface area contributed by atoms with Crippen LogP contribution < -0.4 is 5.32 Å². The van der Waals surface area contributed by atoms with Crippen molar-refractivity contribution in [2.24, 2.45) is 7.05 Å². The van der Waals surface area contributed by atoms with Crippen LogP contribution in [0.3, 0.4) is 0 Å². The first kappa shape index (κ1) is 22.2. The first-order valence-electron chi connectivity index (χ1n) is 9.78. The smallest absolute Gasteiger partial charge is 0.408 e. The molecule has 0 spiro atoms. The predicted octanol–water partition coefficient (Wildman–Crippen LogP) is 3.87. The van der Waals surface area contributed by atoms with Crippen LogP contribution in [-0.2, 0) is 27.7 Å². The second-order valence-corrected chi connectivity index (χ2v) is 8.24. The second kappa shape index (κ2) is 8.69. The topological polar surface area (TPSA) is 74.6 Å². The van der Waals surface area contributed by atoms with Crippen molar-refractivity contribution >= 4 is 6.09 Å². The predicted molar refractivity (Wildman–Crippen MR) is 106 cm³/mol. The quantitative estimate of drug-likeness (QED) is 0.790. The van der Waals surface area contributed by atoms with Crippen molar-refractivity contribution in [3.63, 3.8) is 0 Å². The van der Waals surface area contributed by atoms with Crippen LogP contribution in [-0.4, -0.2) is 41.0 Å². The fourth-order valence-corrected chi connectivity index (χ4v) is 3.43. The molecule has 1 N–H and O–H groups in total. The lowest BCUT2D eigenvalue weighted by Gasteiger charge is -2.22. The van der Waals surface area contributed by atoms with E-state index in [1.54, 1.807) is 39.4 Å². The largest absolute Gasteiger partial charge is 0.444 e. The number of alkyl carbamates (subject to hydrolysis) is 1. The molecule has 1 aromatic carbocycles. The van der Waals surface area contributed by atoms with Gasteiger partial charge in [-0.1, -0.05) is 0 Å². The number of nitrogens with zero attached hydrogens (tertiary/aromatic N) is 2. The normalized spacial score (nSPS) is 16.0. The summed E-state index contributed by atoms with van der Waals surface area (Å²) in [7, 11) is 1.68. The van der Waals surface area contributed by atoms with Gasteiger partial charge in [-0.05, 0) is 39.8 Å². The first-order chi connectivity index (χ1) is 14.0. The number of rotatable bonds is 5. The van der Waals surface area contributed by atoms with Gasteiger partial charge in [0.15, 0.2) is 6.29 Å². The van der Waals surface area contributed by atoms with Crippen LogP contribution in [0.1, 0.15) is 45.0 Å². The molecule has 1 unspecified atom stereocenters. The van der Waals surface area contributed by atoms with E-state index in [9.17, 15) is 13.6 Å². The fraction of sp³-hybridized carbons (Fsp3) is 0.524. The average molecular weight is 423 g/mol. The molecule has 1 saturated heterocycles. The molecule has 30 heavy (non-hydrogen) atoms. The second-order valence-electron chi connectivity index (χ2n) is 8.24. The van der Waals surface area contributed by atoms with Gasteiger partial charge in [0, 0.05) is 30.7 Å². The zero-order chi connectivity index (χ0) is 22.1. The Morgan fingerprint density at radius 3 is 2.43 bits per heavy atom. The first-order valence-corrected chi connectivity index (χ1v) is 9.78. The minimum Gasteiger partial charge on any atom is -0.444 e. The van der Waals surface area contributed by atoms with Gasteiger partial charge >= 0.3 is 6.09 Å². The van der Waals surface area contributed by atoms with E-state index in [0.717, 1.165) is 6.07 Å². The van der Waals surface area contributed by atoms with Crippen molar-refractivity contribution in [3.05, 3.63) is 41.1 Å². The summed E-state index contributed by atoms with van der Waals surface area (Å²) in [5.41, 5.74) is 1.44. The average Bonchev–Trinajstić information content (AvgIpc) is 3.20. The Hall–Kier alpha value is -2.52. The van der Waals surface area contributed by atoms with Crippen molar-refractivity contribution < 1.29 is 27.8 Å². The molecule has 1 aliphatic rings. The fourth-order valence-electron chi connectivity index (χ4n) is 3.43. The SMILES string of the molecule is CC(NC(=O)OC(C)(C)C)c1nn(C)c(-c2cc(F)cc(F)c2)c1CC1OCCO1. The van der Waals surface area contributed by atoms with Gasteiger partial charge in [0.1, 0.15) is 17.2 Å². The number of benzene rings is 1. The number of hydrogen-bond acceptors (Lipinski definition) is 5. The molecule has 0 bridgehead atoms. The van der Waals surface area contributed by atoms with Crippen molar-refractivity contribution in [2.75, 3.05) is 13.2 Å². The summed E-state index contributed by atoms with van der Waals surface area (Å²) < 4.78 is 45.8. The number of hydrogen-bond donors (Lipinski definition) is 1. The number of amides is 1. The molecule has 2 aromatic rings. The summed E-state index contributed by atoms with van der Waals surface area (Å²) in [6.45, 7) is 8.02. The molecule has 1 fully saturated rings. The van der Waals surface area contributed by atoms with Crippen LogP contribution in [0, 0.1) is 11.6 Å². The molecule has 0 aliphatic carbocycles. The summed E-state index contributed by atoms with van der Waals surface area (Å²) in [6, 6.07) is 2.79. The van der Waals surface area contributed by atoms with Crippen LogP contribution in [0.4, 0.5) is 13.6 Å². The lowest BCUT2D eigenvalue weighted by molar-refractivity contribution is -0.0400. The Labute approximate surface area is 174 Å². The molecule has 9 heteroatoms. The van der Waals surface area contributed by atoms with E-state index in [2.05, 4.69) is 10.4 Å². The van der Waals surface area contributed by atoms with Crippen LogP contribution in [0.15, 0.2) is 18.2 Å². The molecule has 2 heterocycles. The zero-order valence-electron chi connectivity index (χ0n) is 17.8. The number of aromatic nitrogens is 2. The summed E-state index contributed by atoms with van der Waals surface area (Å²) in [4.78, 5) is 12.2. The molecule has 1 aromatic heterocycles. The lowest BCUT2D eigenvalue weighted by Crippen LogP contribution is -2.34. The van der Waals surface area contributed by atoms with Crippen LogP contribution >= 0.6 is 0 Å². The van der Waals surface area contributed by atoms with E-state index in [0.29, 0.717) is 42.1 Å². The van der Waals surface area contributed by atoms with Crippen LogP contribution in [0.25, 0.3) is 11.3 Å². The highest BCUT2D eigenvalue weighted by atomic mass is 19.1. The van der Waals surface area contributed by atoms with E-state index in [1.165, 1.54) is 12.1 Å². The number of carbonyl (C=O) groups is 1. The maximum atomic E-state index is 13.9. The van der Waals surface area contributed by atoms with Crippen molar-refractivity contribution in [1.29, 1.82) is 0 Å². The van der Waals surface area contributed by atoms with E-state index >= 15 is 0 Å². The van der Waals surface area contributed by atoms with Crippen LogP contribution in [0.5, 0.6) is 0 Å². The Bertz CT molecular complexity index is 897. The number of ether oxygens (including phenoxy) is 3. The maximum Gasteiger partial charge on any atom is 0.408 e. The third-order valence-electron chi connectivity index (χ3n) is 4.52. The highest BCUT2D eigenvalue weighted by Gasteiger charge is 2.28. The summed E-state index contributed by atoms with van der Waals surface area (Å²) in [6.07, 6.45) is -0.770. The molecule has 1 aliphatic heterocycles. The molecule has 0 radical (unpaired) electrons. The van der Waals surface area contributed by atoms with Crippen molar-refractivity contribution in [3.8, 4) is 11.3 Å². The van der Waals surface area contributed by atoms with E-state index in [-0.39, 0.29) is 0 Å². The number of carbonyl (C=O) groups excluding carboxylic acids is 1. The molecular weight excluding hydrogens is 396 g/mol. The summed E-state index contributed by atoms with van der Waals surface area (Å²) >= 11 is 0. The molecule has 3 rings (SSSR count). The van der Waals surface area contributed by atoms with Crippen molar-refractivity contribution in [2.45, 2.75) is 52.0 Å². The van der Waals surface area contributed by atoms with Gasteiger partial charge in [-0.2, -0.15) is 5.10 Å². The Balaban J connectivity index is 1.98. The number of nitrogens with one attached hydrogen (secondary N) is 1. The molecule has 1 atom stereocenters. The maximum absolute atomic E-state index is 13.9. The van der Waals surface area contributed by atoms with Gasteiger partial charge < -0.3 is 19.5 Å². The number of aryl methyl sites for hydroxylation is 1. The van der Waals surface area contributed by atoms with Crippen molar-refractivity contribution in [1.82, 2.24) is 15.1 Å². The third-order valence-corrected chi connectivity index (χ3v) is 4.52. The van der Waals surface area contributed by atoms with Gasteiger partial charge in [0.25, 0.3) is 0 Å². The Kier molecular flexibility index (Phi) is 6.42. The van der Waals surface area contributed by atoms with Gasteiger partial charge in [0.05, 0.1) is 30.6 Å². The Morgan fingerprint density at radius 1 is 1.27 bits per heavy atom. The molecule has 1 amide bonds. The standard InChI is InChI=1S/C21H27F2N3O4/c1-12(24-20(27)30-21(2,3)4)18-16(11-17-28-6-7-29-17)19(26(5)25-18)13-8-14(22)10-15(23)9-13/h8-10,12,17H,6-7,11H2,1-5H3,(H,24,27). The summed E-state index contributed by atoms with van der Waals surface area (Å²) in [5, 5.41) is 7.29. The van der Waals surface area contributed by atoms with E-state index in [1.807, 2.05) is 0 Å². The molecule has 164 valence electrons. The van der Waals surface area contributed by atoms with E-state index < -0.39 is 35.7 Å². The zero-order valence-corrected chi connectivity index (χ0v) is 17.8. The Morgan fingerprint density at radius 2 is 1.87 bits per heavy atom. The molecule has 7 nitrogen and oxygen atoms in total. The minimum atomic E-state index is -0.688. The lowest BCUT2D eigenvalue weighted by atomic mass is 9.99. The summed E-state index contributed by atoms with van der Waals surface area (Å²) in [5.74, 6) is -1.38. The highest BCUT2D eigenvalue weighted by Crippen LogP contribution is 2.32. The van der Waals surface area contributed by atoms with Crippen LogP contribution in [0.2, 0.25) is 0 Å². The molecule has 0 saturated carbocycles. The van der Waals surface area contributed by atoms with Gasteiger partial charge in [-0.3, -0.25) is 4.68 Å². The number of halogens is 2. The monoisotopic (exact) mass is 423 g/mol. The van der Waals surface area contributed by atoms with Gasteiger partial charge in [0.2, 0.25) is 0 Å².